The standard InChI is InChI=1S/C24H25N5O2S/c1-15-19(16(2)29-23(25-15)20-7-5-6-8-21(20)27-29)13-14-22(30)26-17-9-11-18(12-10-17)32-24(31)28(3)4/h5-12H,13-14H2,1-4H3,(H,26,30). The van der Waals surface area contributed by atoms with Crippen LogP contribution in [0.2, 0.25) is 0 Å². The van der Waals surface area contributed by atoms with Crippen molar-refractivity contribution in [2.75, 3.05) is 19.4 Å². The topological polar surface area (TPSA) is 79.6 Å². The van der Waals surface area contributed by atoms with Crippen molar-refractivity contribution >= 4 is 45.1 Å². The third-order valence-electron chi connectivity index (χ3n) is 5.33. The lowest BCUT2D eigenvalue weighted by atomic mass is 10.1. The molecule has 0 saturated heterocycles. The molecule has 2 amide bonds. The van der Waals surface area contributed by atoms with Crippen LogP contribution in [-0.2, 0) is 11.2 Å². The van der Waals surface area contributed by atoms with E-state index in [1.807, 2.05) is 66.9 Å². The van der Waals surface area contributed by atoms with Gasteiger partial charge in [-0.15, -0.1) is 0 Å². The molecule has 4 rings (SSSR count). The van der Waals surface area contributed by atoms with E-state index in [-0.39, 0.29) is 11.1 Å². The molecule has 1 N–H and O–H groups in total. The molecule has 0 aliphatic carbocycles. The monoisotopic (exact) mass is 447 g/mol. The highest BCUT2D eigenvalue weighted by molar-refractivity contribution is 8.13. The van der Waals surface area contributed by atoms with E-state index in [9.17, 15) is 9.59 Å². The molecule has 0 spiro atoms. The number of nitrogens with one attached hydrogen (secondary N) is 1. The van der Waals surface area contributed by atoms with Crippen molar-refractivity contribution < 1.29 is 9.59 Å². The molecule has 0 saturated carbocycles. The minimum atomic E-state index is -0.0701. The largest absolute Gasteiger partial charge is 0.339 e. The first-order valence-corrected chi connectivity index (χ1v) is 11.2. The molecule has 8 heteroatoms. The summed E-state index contributed by atoms with van der Waals surface area (Å²) < 4.78 is 1.87. The number of thioether (sulfide) groups is 1. The van der Waals surface area contributed by atoms with Gasteiger partial charge < -0.3 is 10.2 Å². The highest BCUT2D eigenvalue weighted by Gasteiger charge is 2.15. The Morgan fingerprint density at radius 2 is 1.78 bits per heavy atom. The second-order valence-corrected chi connectivity index (χ2v) is 8.87. The van der Waals surface area contributed by atoms with Crippen LogP contribution in [0.25, 0.3) is 16.6 Å². The Balaban J connectivity index is 1.44. The van der Waals surface area contributed by atoms with Crippen LogP contribution < -0.4 is 5.32 Å². The Labute approximate surface area is 190 Å². The Morgan fingerprint density at radius 1 is 1.06 bits per heavy atom. The molecule has 32 heavy (non-hydrogen) atoms. The molecule has 164 valence electrons. The summed E-state index contributed by atoms with van der Waals surface area (Å²) in [5.41, 5.74) is 5.41. The summed E-state index contributed by atoms with van der Waals surface area (Å²) >= 11 is 1.15. The van der Waals surface area contributed by atoms with E-state index in [1.165, 1.54) is 4.90 Å². The molecule has 0 radical (unpaired) electrons. The van der Waals surface area contributed by atoms with Gasteiger partial charge in [0.1, 0.15) is 0 Å². The fourth-order valence-electron chi connectivity index (χ4n) is 3.60. The van der Waals surface area contributed by atoms with Crippen molar-refractivity contribution in [3.63, 3.8) is 0 Å². The number of carbonyl (C=O) groups excluding carboxylic acids is 2. The van der Waals surface area contributed by atoms with Gasteiger partial charge in [0.2, 0.25) is 5.91 Å². The first-order chi connectivity index (χ1) is 15.3. The van der Waals surface area contributed by atoms with Crippen LogP contribution in [-0.4, -0.2) is 44.7 Å². The number of hydrogen-bond acceptors (Lipinski definition) is 5. The first-order valence-electron chi connectivity index (χ1n) is 10.4. The van der Waals surface area contributed by atoms with Crippen molar-refractivity contribution in [3.05, 3.63) is 65.5 Å². The van der Waals surface area contributed by atoms with E-state index in [0.717, 1.165) is 50.2 Å². The smallest absolute Gasteiger partial charge is 0.285 e. The molecule has 0 atom stereocenters. The van der Waals surface area contributed by atoms with Gasteiger partial charge in [-0.25, -0.2) is 9.50 Å². The van der Waals surface area contributed by atoms with E-state index >= 15 is 0 Å². The number of hydrogen-bond donors (Lipinski definition) is 1. The predicted molar refractivity (Wildman–Crippen MR) is 128 cm³/mol. The molecular formula is C24H25N5O2S. The Kier molecular flexibility index (Phi) is 6.14. The average Bonchev–Trinajstić information content (AvgIpc) is 3.13. The SMILES string of the molecule is Cc1nc2c3ccccc3nn2c(C)c1CCC(=O)Nc1ccc(SC(=O)N(C)C)cc1. The lowest BCUT2D eigenvalue weighted by Gasteiger charge is -2.12. The van der Waals surface area contributed by atoms with Crippen LogP contribution in [0.1, 0.15) is 23.4 Å². The maximum Gasteiger partial charge on any atom is 0.285 e. The zero-order chi connectivity index (χ0) is 22.8. The van der Waals surface area contributed by atoms with Crippen LogP contribution in [0.5, 0.6) is 0 Å². The number of anilines is 1. The Morgan fingerprint density at radius 3 is 2.50 bits per heavy atom. The van der Waals surface area contributed by atoms with Crippen molar-refractivity contribution in [3.8, 4) is 0 Å². The van der Waals surface area contributed by atoms with Crippen LogP contribution in [0.3, 0.4) is 0 Å². The highest BCUT2D eigenvalue weighted by Crippen LogP contribution is 2.24. The summed E-state index contributed by atoms with van der Waals surface area (Å²) in [5, 5.41) is 8.59. The second-order valence-electron chi connectivity index (χ2n) is 7.85. The van der Waals surface area contributed by atoms with Crippen LogP contribution in [0.15, 0.2) is 53.4 Å². The number of fused-ring (bicyclic) bond motifs is 3. The van der Waals surface area contributed by atoms with Gasteiger partial charge in [-0.3, -0.25) is 9.59 Å². The summed E-state index contributed by atoms with van der Waals surface area (Å²) in [6.07, 6.45) is 0.916. The summed E-state index contributed by atoms with van der Waals surface area (Å²) in [6.45, 7) is 4.00. The molecule has 0 bridgehead atoms. The number of nitrogens with zero attached hydrogens (tertiary/aromatic N) is 4. The zero-order valence-corrected chi connectivity index (χ0v) is 19.4. The molecule has 2 aromatic carbocycles. The molecule has 0 aliphatic rings. The lowest BCUT2D eigenvalue weighted by Crippen LogP contribution is -2.16. The molecule has 0 fully saturated rings. The third kappa shape index (κ3) is 4.45. The fraction of sp³-hybridized carbons (Fsp3) is 0.250. The van der Waals surface area contributed by atoms with E-state index in [0.29, 0.717) is 18.5 Å². The number of amides is 2. The highest BCUT2D eigenvalue weighted by atomic mass is 32.2. The van der Waals surface area contributed by atoms with Gasteiger partial charge in [-0.2, -0.15) is 5.10 Å². The number of rotatable bonds is 5. The fourth-order valence-corrected chi connectivity index (χ4v) is 4.26. The third-order valence-corrected chi connectivity index (χ3v) is 6.38. The minimum absolute atomic E-state index is 0.0387. The normalized spacial score (nSPS) is 11.1. The number of carbonyl (C=O) groups is 2. The van der Waals surface area contributed by atoms with E-state index in [2.05, 4.69) is 10.4 Å². The molecule has 0 aliphatic heterocycles. The van der Waals surface area contributed by atoms with Crippen LogP contribution in [0, 0.1) is 13.8 Å². The first kappa shape index (κ1) is 21.8. The number of benzene rings is 2. The number of aromatic nitrogens is 3. The maximum absolute atomic E-state index is 12.5. The molecule has 7 nitrogen and oxygen atoms in total. The lowest BCUT2D eigenvalue weighted by molar-refractivity contribution is -0.116. The van der Waals surface area contributed by atoms with Crippen molar-refractivity contribution in [2.24, 2.45) is 0 Å². The quantitative estimate of drug-likeness (QED) is 0.443. The minimum Gasteiger partial charge on any atom is -0.339 e. The molecule has 0 unspecified atom stereocenters. The Bertz CT molecular complexity index is 1310. The summed E-state index contributed by atoms with van der Waals surface area (Å²) in [5.74, 6) is -0.0701. The van der Waals surface area contributed by atoms with Gasteiger partial charge in [0.25, 0.3) is 5.24 Å². The molecule has 2 aromatic heterocycles. The zero-order valence-electron chi connectivity index (χ0n) is 18.5. The second kappa shape index (κ2) is 9.00. The van der Waals surface area contributed by atoms with Crippen molar-refractivity contribution in [1.29, 1.82) is 0 Å². The number of aryl methyl sites for hydroxylation is 2. The van der Waals surface area contributed by atoms with Crippen LogP contribution in [0.4, 0.5) is 10.5 Å². The molecular weight excluding hydrogens is 422 g/mol. The van der Waals surface area contributed by atoms with Crippen molar-refractivity contribution in [2.45, 2.75) is 31.6 Å². The van der Waals surface area contributed by atoms with Gasteiger partial charge >= 0.3 is 0 Å². The van der Waals surface area contributed by atoms with E-state index < -0.39 is 0 Å². The van der Waals surface area contributed by atoms with Gasteiger partial charge in [-0.1, -0.05) is 12.1 Å². The average molecular weight is 448 g/mol. The summed E-state index contributed by atoms with van der Waals surface area (Å²) in [7, 11) is 3.44. The van der Waals surface area contributed by atoms with E-state index in [1.54, 1.807) is 14.1 Å². The maximum atomic E-state index is 12.5. The molecule has 4 aromatic rings. The molecule has 2 heterocycles. The van der Waals surface area contributed by atoms with Crippen LogP contribution >= 0.6 is 11.8 Å². The van der Waals surface area contributed by atoms with Crippen molar-refractivity contribution in [1.82, 2.24) is 19.5 Å². The summed E-state index contributed by atoms with van der Waals surface area (Å²) in [6, 6.07) is 15.2. The van der Waals surface area contributed by atoms with Gasteiger partial charge in [-0.05, 0) is 74.0 Å². The van der Waals surface area contributed by atoms with Gasteiger partial charge in [0.05, 0.1) is 5.52 Å². The van der Waals surface area contributed by atoms with Gasteiger partial charge in [0.15, 0.2) is 5.65 Å². The summed E-state index contributed by atoms with van der Waals surface area (Å²) in [4.78, 5) is 31.5. The Hall–Kier alpha value is -3.39. The van der Waals surface area contributed by atoms with E-state index in [4.69, 9.17) is 4.98 Å². The van der Waals surface area contributed by atoms with Gasteiger partial charge in [0, 0.05) is 47.9 Å². The predicted octanol–water partition coefficient (Wildman–Crippen LogP) is 4.84.